The molecule has 2 amide bonds. The van der Waals surface area contributed by atoms with Crippen LogP contribution in [0, 0.1) is 0 Å². The first-order valence-electron chi connectivity index (χ1n) is 12.0. The number of benzene rings is 2. The Labute approximate surface area is 225 Å². The molecule has 0 spiro atoms. The molecule has 0 bridgehead atoms. The number of hydrogen-bond acceptors (Lipinski definition) is 4. The van der Waals surface area contributed by atoms with Gasteiger partial charge in [0.25, 0.3) is 5.91 Å². The average Bonchev–Trinajstić information content (AvgIpc) is 3.39. The summed E-state index contributed by atoms with van der Waals surface area (Å²) >= 11 is 0.758. The summed E-state index contributed by atoms with van der Waals surface area (Å²) in [6, 6.07) is 14.7. The highest BCUT2D eigenvalue weighted by atomic mass is 127. The highest BCUT2D eigenvalue weighted by Crippen LogP contribution is 2.30. The highest BCUT2D eigenvalue weighted by molar-refractivity contribution is 14.1. The van der Waals surface area contributed by atoms with E-state index in [0.717, 1.165) is 57.1 Å². The molecule has 1 aliphatic rings. The second kappa shape index (κ2) is 9.67. The number of aryl methyl sites for hydroxylation is 2. The van der Waals surface area contributed by atoms with Crippen LogP contribution < -0.4 is 5.32 Å². The molecule has 11 heteroatoms. The summed E-state index contributed by atoms with van der Waals surface area (Å²) in [4.78, 5) is 31.3. The van der Waals surface area contributed by atoms with Crippen molar-refractivity contribution in [2.75, 3.05) is 13.1 Å². The van der Waals surface area contributed by atoms with Crippen LogP contribution in [0.1, 0.15) is 23.7 Å². The molecule has 0 saturated carbocycles. The number of rotatable bonds is 5. The van der Waals surface area contributed by atoms with E-state index in [2.05, 4.69) is 35.0 Å². The van der Waals surface area contributed by atoms with Crippen LogP contribution in [0.2, 0.25) is 0 Å². The molecule has 3 heterocycles. The van der Waals surface area contributed by atoms with Gasteiger partial charge in [-0.15, -0.1) is 0 Å². The molecule has 8 nitrogen and oxygen atoms in total. The molecule has 5 rings (SSSR count). The Morgan fingerprint density at radius 2 is 1.92 bits per heavy atom. The molecule has 194 valence electrons. The van der Waals surface area contributed by atoms with Crippen LogP contribution in [-0.4, -0.2) is 65.1 Å². The number of hydrogen-bond donors (Lipinski definition) is 2. The number of amides is 2. The Kier molecular flexibility index (Phi) is 6.69. The van der Waals surface area contributed by atoms with Gasteiger partial charge in [-0.05, 0) is 43.7 Å². The third-order valence-electron chi connectivity index (χ3n) is 6.79. The van der Waals surface area contributed by atoms with E-state index in [1.807, 2.05) is 29.8 Å². The van der Waals surface area contributed by atoms with E-state index in [1.54, 1.807) is 12.1 Å². The molecule has 1 saturated heterocycles. The normalized spacial score (nSPS) is 18.5. The lowest BCUT2D eigenvalue weighted by Gasteiger charge is -2.36. The lowest BCUT2D eigenvalue weighted by atomic mass is 10.0. The van der Waals surface area contributed by atoms with Crippen molar-refractivity contribution in [3.8, 4) is 11.5 Å². The Morgan fingerprint density at radius 1 is 1.16 bits per heavy atom. The molecular formula is C26H26F2IN5O3. The van der Waals surface area contributed by atoms with Gasteiger partial charge in [0.1, 0.15) is 0 Å². The summed E-state index contributed by atoms with van der Waals surface area (Å²) in [7, 11) is 1.93. The number of piperidine rings is 1. The summed E-state index contributed by atoms with van der Waals surface area (Å²) in [5, 5.41) is 13.6. The van der Waals surface area contributed by atoms with Crippen LogP contribution in [0.3, 0.4) is 0 Å². The van der Waals surface area contributed by atoms with Crippen LogP contribution in [0.5, 0.6) is 0 Å². The second-order valence-corrected chi connectivity index (χ2v) is 10.7. The number of carbonyl (C=O) groups excluding carboxylic acids is 2. The predicted molar refractivity (Wildman–Crippen MR) is 145 cm³/mol. The van der Waals surface area contributed by atoms with E-state index in [9.17, 15) is 23.5 Å². The molecule has 1 aliphatic heterocycles. The van der Waals surface area contributed by atoms with Crippen LogP contribution in [0.25, 0.3) is 33.5 Å². The average molecular weight is 621 g/mol. The zero-order valence-electron chi connectivity index (χ0n) is 20.3. The first-order valence-corrected chi connectivity index (χ1v) is 13.0. The van der Waals surface area contributed by atoms with Gasteiger partial charge in [0, 0.05) is 71.8 Å². The first-order chi connectivity index (χ1) is 17.6. The summed E-state index contributed by atoms with van der Waals surface area (Å²) in [6.45, 7) is 2.93. The number of aliphatic hydroxyl groups is 1. The van der Waals surface area contributed by atoms with Crippen LogP contribution >= 0.6 is 22.6 Å². The Balaban J connectivity index is 1.44. The molecule has 4 aromatic rings. The third-order valence-corrected chi connectivity index (χ3v) is 7.28. The summed E-state index contributed by atoms with van der Waals surface area (Å²) in [5.41, 5.74) is 3.95. The predicted octanol–water partition coefficient (Wildman–Crippen LogP) is 3.93. The number of halogens is 3. The number of β-amino-alcohol motifs (C(OH)–C–C–N with tert-alkyl or cyclic N) is 1. The van der Waals surface area contributed by atoms with Crippen LogP contribution in [0.15, 0.2) is 48.5 Å². The van der Waals surface area contributed by atoms with E-state index in [4.69, 9.17) is 4.98 Å². The fraction of sp³-hybridized carbons (Fsp3) is 0.346. The highest BCUT2D eigenvalue weighted by Gasteiger charge is 2.38. The molecule has 2 unspecified atom stereocenters. The van der Waals surface area contributed by atoms with Crippen LogP contribution in [0.4, 0.5) is 8.78 Å². The number of nitrogens with zero attached hydrogens (tertiary/aromatic N) is 4. The van der Waals surface area contributed by atoms with E-state index in [1.165, 1.54) is 4.90 Å². The Morgan fingerprint density at radius 3 is 2.65 bits per heavy atom. The lowest BCUT2D eigenvalue weighted by molar-refractivity contribution is -0.134. The molecule has 0 radical (unpaired) electrons. The van der Waals surface area contributed by atoms with Crippen molar-refractivity contribution in [3.63, 3.8) is 0 Å². The minimum Gasteiger partial charge on any atom is -0.391 e. The number of carbonyl (C=O) groups is 2. The number of alkyl halides is 3. The molecule has 2 aromatic carbocycles. The third kappa shape index (κ3) is 4.81. The van der Waals surface area contributed by atoms with Gasteiger partial charge in [-0.1, -0.05) is 18.2 Å². The van der Waals surface area contributed by atoms with Gasteiger partial charge >= 0.3 is 9.84 Å². The number of likely N-dealkylation sites (tertiary alicyclic amines) is 1. The van der Waals surface area contributed by atoms with Crippen LogP contribution in [-0.2, 0) is 18.4 Å². The SMILES string of the molecule is CCn1c(-c2nc3cc(C(=O)N4CC(O)CC(NC(=O)C(F)(F)I)C4)ccc3n2C)cc2ccccc21. The number of aliphatic hydroxyl groups excluding tert-OH is 1. The molecule has 37 heavy (non-hydrogen) atoms. The maximum absolute atomic E-state index is 13.3. The molecule has 1 fully saturated rings. The first kappa shape index (κ1) is 25.6. The molecular weight excluding hydrogens is 595 g/mol. The largest absolute Gasteiger partial charge is 0.391 e. The number of nitrogens with one attached hydrogen (secondary N) is 1. The van der Waals surface area contributed by atoms with Crippen molar-refractivity contribution in [3.05, 3.63) is 54.1 Å². The van der Waals surface area contributed by atoms with Gasteiger partial charge < -0.3 is 24.5 Å². The zero-order chi connectivity index (χ0) is 26.5. The van der Waals surface area contributed by atoms with Gasteiger partial charge in [-0.2, -0.15) is 8.78 Å². The number of para-hydroxylation sites is 1. The Hall–Kier alpha value is -3.06. The fourth-order valence-electron chi connectivity index (χ4n) is 5.09. The molecule has 2 N–H and O–H groups in total. The van der Waals surface area contributed by atoms with E-state index >= 15 is 0 Å². The minimum atomic E-state index is -3.57. The maximum atomic E-state index is 13.3. The Bertz CT molecular complexity index is 1510. The quantitative estimate of drug-likeness (QED) is 0.261. The fourth-order valence-corrected chi connectivity index (χ4v) is 5.25. The van der Waals surface area contributed by atoms with Crippen molar-refractivity contribution < 1.29 is 23.5 Å². The summed E-state index contributed by atoms with van der Waals surface area (Å²) < 4.78 is 27.3. The maximum Gasteiger partial charge on any atom is 0.372 e. The van der Waals surface area contributed by atoms with Crippen molar-refractivity contribution >= 4 is 56.3 Å². The van der Waals surface area contributed by atoms with Gasteiger partial charge in [-0.25, -0.2) is 4.98 Å². The van der Waals surface area contributed by atoms with Crippen molar-refractivity contribution in [2.24, 2.45) is 7.05 Å². The zero-order valence-corrected chi connectivity index (χ0v) is 22.4. The minimum absolute atomic E-state index is 0.0243. The lowest BCUT2D eigenvalue weighted by Crippen LogP contribution is -2.55. The van der Waals surface area contributed by atoms with Gasteiger partial charge in [0.15, 0.2) is 5.82 Å². The second-order valence-electron chi connectivity index (χ2n) is 9.30. The van der Waals surface area contributed by atoms with Crippen molar-refractivity contribution in [2.45, 2.75) is 36.0 Å². The summed E-state index contributed by atoms with van der Waals surface area (Å²) in [6.07, 6.45) is -0.844. The van der Waals surface area contributed by atoms with E-state index < -0.39 is 22.0 Å². The van der Waals surface area contributed by atoms with E-state index in [-0.39, 0.29) is 25.4 Å². The smallest absolute Gasteiger partial charge is 0.372 e. The standard InChI is InChI=1S/C26H26F2IN5O3/c1-3-34-20-7-5-4-6-15(20)11-22(34)23-31-19-10-16(8-9-21(19)32(23)2)24(36)33-13-17(12-18(35)14-33)30-25(37)26(27,28)29/h4-11,17-18,35H,3,12-14H2,1-2H3,(H,30,37). The van der Waals surface area contributed by atoms with Gasteiger partial charge in [0.05, 0.1) is 22.8 Å². The number of aromatic nitrogens is 3. The van der Waals surface area contributed by atoms with E-state index in [0.29, 0.717) is 11.1 Å². The van der Waals surface area contributed by atoms with Crippen molar-refractivity contribution in [1.82, 2.24) is 24.3 Å². The van der Waals surface area contributed by atoms with Gasteiger partial charge in [0.2, 0.25) is 0 Å². The van der Waals surface area contributed by atoms with Gasteiger partial charge in [-0.3, -0.25) is 9.59 Å². The molecule has 0 aliphatic carbocycles. The number of fused-ring (bicyclic) bond motifs is 2. The van der Waals surface area contributed by atoms with Crippen molar-refractivity contribution in [1.29, 1.82) is 0 Å². The molecule has 2 aromatic heterocycles. The number of imidazole rings is 1. The monoisotopic (exact) mass is 621 g/mol. The topological polar surface area (TPSA) is 92.4 Å². The summed E-state index contributed by atoms with van der Waals surface area (Å²) in [5.74, 6) is -1.03. The molecule has 2 atom stereocenters.